The molecule has 2 heterocycles. The van der Waals surface area contributed by atoms with E-state index in [0.29, 0.717) is 0 Å². The second-order valence-corrected chi connectivity index (χ2v) is 6.00. The fourth-order valence-corrected chi connectivity index (χ4v) is 3.38. The first-order chi connectivity index (χ1) is 10.3. The SMILES string of the molecule is COc1cccc(-c2nc(CSc3ncccn3)cs2)c1. The lowest BCUT2D eigenvalue weighted by Gasteiger charge is -2.01. The number of hydrogen-bond acceptors (Lipinski definition) is 6. The van der Waals surface area contributed by atoms with E-state index >= 15 is 0 Å². The van der Waals surface area contributed by atoms with Crippen LogP contribution >= 0.6 is 23.1 Å². The molecule has 0 bridgehead atoms. The number of rotatable bonds is 5. The van der Waals surface area contributed by atoms with Gasteiger partial charge in [0.1, 0.15) is 10.8 Å². The molecule has 3 aromatic rings. The zero-order chi connectivity index (χ0) is 14.5. The summed E-state index contributed by atoms with van der Waals surface area (Å²) in [7, 11) is 1.67. The molecular formula is C15H13N3OS2. The number of thioether (sulfide) groups is 1. The van der Waals surface area contributed by atoms with Gasteiger partial charge in [0, 0.05) is 29.1 Å². The zero-order valence-electron chi connectivity index (χ0n) is 11.4. The van der Waals surface area contributed by atoms with Crippen LogP contribution in [0.15, 0.2) is 53.3 Å². The molecule has 0 spiro atoms. The van der Waals surface area contributed by atoms with E-state index in [9.17, 15) is 0 Å². The Labute approximate surface area is 131 Å². The lowest BCUT2D eigenvalue weighted by atomic mass is 10.2. The molecule has 21 heavy (non-hydrogen) atoms. The number of thiazole rings is 1. The number of methoxy groups -OCH3 is 1. The van der Waals surface area contributed by atoms with Crippen molar-refractivity contribution < 1.29 is 4.74 Å². The topological polar surface area (TPSA) is 47.9 Å². The Morgan fingerprint density at radius 2 is 2.05 bits per heavy atom. The first-order valence-corrected chi connectivity index (χ1v) is 8.20. The molecular weight excluding hydrogens is 302 g/mol. The Kier molecular flexibility index (Phi) is 4.47. The third-order valence-corrected chi connectivity index (χ3v) is 4.61. The van der Waals surface area contributed by atoms with E-state index in [1.54, 1.807) is 42.6 Å². The van der Waals surface area contributed by atoms with Crippen LogP contribution in [0.1, 0.15) is 5.69 Å². The maximum Gasteiger partial charge on any atom is 0.187 e. The van der Waals surface area contributed by atoms with Crippen LogP contribution in [0.25, 0.3) is 10.6 Å². The molecule has 1 aromatic carbocycles. The van der Waals surface area contributed by atoms with Crippen LogP contribution in [0.2, 0.25) is 0 Å². The monoisotopic (exact) mass is 315 g/mol. The van der Waals surface area contributed by atoms with Gasteiger partial charge in [-0.15, -0.1) is 11.3 Å². The minimum absolute atomic E-state index is 0.768. The van der Waals surface area contributed by atoms with Gasteiger partial charge in [-0.05, 0) is 18.2 Å². The van der Waals surface area contributed by atoms with Gasteiger partial charge in [0.2, 0.25) is 0 Å². The number of hydrogen-bond donors (Lipinski definition) is 0. The van der Waals surface area contributed by atoms with Gasteiger partial charge in [0.25, 0.3) is 0 Å². The number of benzene rings is 1. The predicted molar refractivity (Wildman–Crippen MR) is 85.7 cm³/mol. The summed E-state index contributed by atoms with van der Waals surface area (Å²) in [5.41, 5.74) is 2.11. The molecule has 0 unspecified atom stereocenters. The molecule has 4 nitrogen and oxygen atoms in total. The molecule has 0 N–H and O–H groups in total. The van der Waals surface area contributed by atoms with Crippen LogP contribution < -0.4 is 4.74 Å². The summed E-state index contributed by atoms with van der Waals surface area (Å²) in [6, 6.07) is 9.75. The Bertz CT molecular complexity index is 716. The van der Waals surface area contributed by atoms with Crippen LogP contribution in [0.3, 0.4) is 0 Å². The van der Waals surface area contributed by atoms with E-state index in [1.165, 1.54) is 0 Å². The maximum atomic E-state index is 5.24. The summed E-state index contributed by atoms with van der Waals surface area (Å²) in [6.45, 7) is 0. The average molecular weight is 315 g/mol. The van der Waals surface area contributed by atoms with Crippen molar-refractivity contribution in [3.05, 3.63) is 53.8 Å². The van der Waals surface area contributed by atoms with Crippen molar-refractivity contribution >= 4 is 23.1 Å². The van der Waals surface area contributed by atoms with Gasteiger partial charge in [0.15, 0.2) is 5.16 Å². The smallest absolute Gasteiger partial charge is 0.187 e. The zero-order valence-corrected chi connectivity index (χ0v) is 13.0. The normalized spacial score (nSPS) is 10.5. The van der Waals surface area contributed by atoms with Crippen molar-refractivity contribution in [3.8, 4) is 16.3 Å². The third-order valence-electron chi connectivity index (χ3n) is 2.76. The van der Waals surface area contributed by atoms with Gasteiger partial charge in [-0.25, -0.2) is 15.0 Å². The Morgan fingerprint density at radius 3 is 2.86 bits per heavy atom. The molecule has 6 heteroatoms. The summed E-state index contributed by atoms with van der Waals surface area (Å²) in [6.07, 6.45) is 3.50. The average Bonchev–Trinajstić information content (AvgIpc) is 3.03. The quantitative estimate of drug-likeness (QED) is 0.528. The second kappa shape index (κ2) is 6.69. The van der Waals surface area contributed by atoms with E-state index < -0.39 is 0 Å². The van der Waals surface area contributed by atoms with Crippen LogP contribution in [0, 0.1) is 0 Å². The highest BCUT2D eigenvalue weighted by molar-refractivity contribution is 7.98. The summed E-state index contributed by atoms with van der Waals surface area (Å²) in [4.78, 5) is 13.0. The summed E-state index contributed by atoms with van der Waals surface area (Å²) < 4.78 is 5.24. The minimum Gasteiger partial charge on any atom is -0.497 e. The lowest BCUT2D eigenvalue weighted by Crippen LogP contribution is -1.87. The Hall–Kier alpha value is -1.92. The first kappa shape index (κ1) is 14.0. The van der Waals surface area contributed by atoms with E-state index in [4.69, 9.17) is 4.74 Å². The number of ether oxygens (including phenoxy) is 1. The van der Waals surface area contributed by atoms with Gasteiger partial charge in [-0.3, -0.25) is 0 Å². The van der Waals surface area contributed by atoms with Gasteiger partial charge in [0.05, 0.1) is 12.8 Å². The number of nitrogens with zero attached hydrogens (tertiary/aromatic N) is 3. The van der Waals surface area contributed by atoms with E-state index in [-0.39, 0.29) is 0 Å². The van der Waals surface area contributed by atoms with Crippen molar-refractivity contribution in [1.82, 2.24) is 15.0 Å². The summed E-state index contributed by atoms with van der Waals surface area (Å²) >= 11 is 3.22. The molecule has 0 fully saturated rings. The number of aromatic nitrogens is 3. The minimum atomic E-state index is 0.768. The van der Waals surface area contributed by atoms with Gasteiger partial charge >= 0.3 is 0 Å². The standard InChI is InChI=1S/C15H13N3OS2/c1-19-13-5-2-4-11(8-13)14-18-12(9-20-14)10-21-15-16-6-3-7-17-15/h2-9H,10H2,1H3. The molecule has 0 atom stereocenters. The molecule has 3 rings (SSSR count). The Morgan fingerprint density at radius 1 is 1.19 bits per heavy atom. The Balaban J connectivity index is 1.71. The fourth-order valence-electron chi connectivity index (χ4n) is 1.76. The van der Waals surface area contributed by atoms with Crippen LogP contribution in [0.4, 0.5) is 0 Å². The highest BCUT2D eigenvalue weighted by atomic mass is 32.2. The van der Waals surface area contributed by atoms with E-state index in [1.807, 2.05) is 30.3 Å². The molecule has 0 amide bonds. The molecule has 0 aliphatic rings. The molecule has 106 valence electrons. The molecule has 0 radical (unpaired) electrons. The largest absolute Gasteiger partial charge is 0.497 e. The van der Waals surface area contributed by atoms with Crippen molar-refractivity contribution in [3.63, 3.8) is 0 Å². The molecule has 2 aromatic heterocycles. The van der Waals surface area contributed by atoms with E-state index in [0.717, 1.165) is 32.9 Å². The highest BCUT2D eigenvalue weighted by Crippen LogP contribution is 2.28. The van der Waals surface area contributed by atoms with Crippen LogP contribution in [-0.2, 0) is 5.75 Å². The van der Waals surface area contributed by atoms with Gasteiger partial charge in [-0.1, -0.05) is 23.9 Å². The van der Waals surface area contributed by atoms with Crippen molar-refractivity contribution in [1.29, 1.82) is 0 Å². The molecule has 0 saturated carbocycles. The van der Waals surface area contributed by atoms with Crippen LogP contribution in [0.5, 0.6) is 5.75 Å². The van der Waals surface area contributed by atoms with Gasteiger partial charge < -0.3 is 4.74 Å². The summed E-state index contributed by atoms with van der Waals surface area (Å²) in [5.74, 6) is 1.61. The summed E-state index contributed by atoms with van der Waals surface area (Å²) in [5, 5.41) is 3.84. The second-order valence-electron chi connectivity index (χ2n) is 4.20. The highest BCUT2D eigenvalue weighted by Gasteiger charge is 2.07. The van der Waals surface area contributed by atoms with Crippen molar-refractivity contribution in [2.24, 2.45) is 0 Å². The van der Waals surface area contributed by atoms with Crippen molar-refractivity contribution in [2.45, 2.75) is 10.9 Å². The molecule has 0 aliphatic heterocycles. The molecule has 0 saturated heterocycles. The maximum absolute atomic E-state index is 5.24. The molecule has 0 aliphatic carbocycles. The van der Waals surface area contributed by atoms with Gasteiger partial charge in [-0.2, -0.15) is 0 Å². The van der Waals surface area contributed by atoms with Crippen molar-refractivity contribution in [2.75, 3.05) is 7.11 Å². The van der Waals surface area contributed by atoms with E-state index in [2.05, 4.69) is 20.3 Å². The first-order valence-electron chi connectivity index (χ1n) is 6.34. The van der Waals surface area contributed by atoms with Crippen LogP contribution in [-0.4, -0.2) is 22.1 Å². The lowest BCUT2D eigenvalue weighted by molar-refractivity contribution is 0.415. The predicted octanol–water partition coefficient (Wildman–Crippen LogP) is 3.90. The fraction of sp³-hybridized carbons (Fsp3) is 0.133. The third kappa shape index (κ3) is 3.59.